The molecule has 0 unspecified atom stereocenters. The van der Waals surface area contributed by atoms with Crippen LogP contribution in [0.3, 0.4) is 0 Å². The Morgan fingerprint density at radius 3 is 2.86 bits per heavy atom. The number of aliphatic hydroxyl groups excluding tert-OH is 1. The fourth-order valence-electron chi connectivity index (χ4n) is 1.11. The van der Waals surface area contributed by atoms with Gasteiger partial charge in [-0.2, -0.15) is 0 Å². The summed E-state index contributed by atoms with van der Waals surface area (Å²) in [7, 11) is 0. The molecule has 0 bridgehead atoms. The van der Waals surface area contributed by atoms with E-state index in [4.69, 9.17) is 10.8 Å². The van der Waals surface area contributed by atoms with Gasteiger partial charge in [0, 0.05) is 5.56 Å². The van der Waals surface area contributed by atoms with Crippen molar-refractivity contribution in [1.29, 1.82) is 0 Å². The molecule has 0 saturated heterocycles. The Bertz CT molecular complexity index is 413. The minimum absolute atomic E-state index is 0.230. The lowest BCUT2D eigenvalue weighted by atomic mass is 10.0. The van der Waals surface area contributed by atoms with Gasteiger partial charge >= 0.3 is 0 Å². The highest BCUT2D eigenvalue weighted by molar-refractivity contribution is 5.95. The summed E-state index contributed by atoms with van der Waals surface area (Å²) in [5.41, 5.74) is 7.11. The number of benzene rings is 1. The predicted octanol–water partition coefficient (Wildman–Crippen LogP) is 0.438. The van der Waals surface area contributed by atoms with Crippen LogP contribution in [-0.2, 0) is 0 Å². The fourth-order valence-corrected chi connectivity index (χ4v) is 1.11. The summed E-state index contributed by atoms with van der Waals surface area (Å²) in [5, 5.41) is 8.54. The molecule has 1 aromatic carbocycles. The monoisotopic (exact) mass is 189 g/mol. The van der Waals surface area contributed by atoms with Crippen LogP contribution in [0.5, 0.6) is 0 Å². The minimum Gasteiger partial charge on any atom is -0.384 e. The molecule has 14 heavy (non-hydrogen) atoms. The van der Waals surface area contributed by atoms with E-state index in [-0.39, 0.29) is 6.61 Å². The second-order valence-electron chi connectivity index (χ2n) is 2.87. The van der Waals surface area contributed by atoms with Gasteiger partial charge in [0.2, 0.25) is 5.91 Å². The number of primary amides is 1. The van der Waals surface area contributed by atoms with Crippen LogP contribution >= 0.6 is 0 Å². The normalized spacial score (nSPS) is 9.00. The Hall–Kier alpha value is -1.79. The van der Waals surface area contributed by atoms with Gasteiger partial charge in [-0.25, -0.2) is 0 Å². The van der Waals surface area contributed by atoms with E-state index in [0.29, 0.717) is 11.1 Å². The molecule has 0 aliphatic heterocycles. The number of hydrogen-bond donors (Lipinski definition) is 2. The van der Waals surface area contributed by atoms with E-state index < -0.39 is 5.91 Å². The first kappa shape index (κ1) is 10.3. The lowest BCUT2D eigenvalue weighted by molar-refractivity contribution is 0.1000. The van der Waals surface area contributed by atoms with Crippen LogP contribution < -0.4 is 5.73 Å². The number of carbonyl (C=O) groups is 1. The van der Waals surface area contributed by atoms with Gasteiger partial charge in [0.15, 0.2) is 0 Å². The number of aryl methyl sites for hydroxylation is 1. The van der Waals surface area contributed by atoms with E-state index in [1.165, 1.54) is 0 Å². The van der Waals surface area contributed by atoms with Crippen LogP contribution in [0, 0.1) is 18.8 Å². The third kappa shape index (κ3) is 2.35. The van der Waals surface area contributed by atoms with Crippen LogP contribution in [0.2, 0.25) is 0 Å². The largest absolute Gasteiger partial charge is 0.384 e. The number of amides is 1. The minimum atomic E-state index is -0.507. The quantitative estimate of drug-likeness (QED) is 0.629. The maximum atomic E-state index is 11.0. The standard InChI is InChI=1S/C11H11NO2/c1-8-4-5-10(11(12)14)9(7-8)3-2-6-13/h4-5,7,13H,6H2,1H3,(H2,12,14). The van der Waals surface area contributed by atoms with Crippen molar-refractivity contribution in [2.75, 3.05) is 6.61 Å². The zero-order chi connectivity index (χ0) is 10.6. The van der Waals surface area contributed by atoms with Gasteiger partial charge in [0.05, 0.1) is 5.56 Å². The lowest BCUT2D eigenvalue weighted by Crippen LogP contribution is -2.12. The first-order valence-electron chi connectivity index (χ1n) is 4.15. The molecule has 0 heterocycles. The molecule has 0 aromatic heterocycles. The van der Waals surface area contributed by atoms with Gasteiger partial charge in [0.25, 0.3) is 0 Å². The first-order valence-corrected chi connectivity index (χ1v) is 4.15. The number of aliphatic hydroxyl groups is 1. The highest BCUT2D eigenvalue weighted by atomic mass is 16.2. The first-order chi connectivity index (χ1) is 6.65. The number of nitrogens with two attached hydrogens (primary N) is 1. The maximum Gasteiger partial charge on any atom is 0.249 e. The molecule has 1 aromatic rings. The topological polar surface area (TPSA) is 63.3 Å². The summed E-state index contributed by atoms with van der Waals surface area (Å²) in [6, 6.07) is 5.20. The molecule has 0 fully saturated rings. The molecule has 0 aliphatic rings. The summed E-state index contributed by atoms with van der Waals surface area (Å²) < 4.78 is 0. The molecule has 0 aliphatic carbocycles. The second kappa shape index (κ2) is 4.45. The van der Waals surface area contributed by atoms with Crippen molar-refractivity contribution in [1.82, 2.24) is 0 Å². The van der Waals surface area contributed by atoms with Gasteiger partial charge in [0.1, 0.15) is 6.61 Å². The van der Waals surface area contributed by atoms with Crippen molar-refractivity contribution in [3.05, 3.63) is 34.9 Å². The summed E-state index contributed by atoms with van der Waals surface area (Å²) in [4.78, 5) is 11.0. The zero-order valence-corrected chi connectivity index (χ0v) is 7.87. The molecule has 3 heteroatoms. The molecular weight excluding hydrogens is 178 g/mol. The van der Waals surface area contributed by atoms with Crippen LogP contribution in [0.25, 0.3) is 0 Å². The van der Waals surface area contributed by atoms with E-state index in [9.17, 15) is 4.79 Å². The van der Waals surface area contributed by atoms with Crippen LogP contribution in [0.4, 0.5) is 0 Å². The fraction of sp³-hybridized carbons (Fsp3) is 0.182. The molecule has 3 N–H and O–H groups in total. The smallest absolute Gasteiger partial charge is 0.249 e. The van der Waals surface area contributed by atoms with Gasteiger partial charge < -0.3 is 10.8 Å². The van der Waals surface area contributed by atoms with Crippen LogP contribution in [-0.4, -0.2) is 17.6 Å². The van der Waals surface area contributed by atoms with Gasteiger partial charge in [-0.15, -0.1) is 0 Å². The SMILES string of the molecule is Cc1ccc(C(N)=O)c(C#CCO)c1. The molecule has 0 spiro atoms. The Kier molecular flexibility index (Phi) is 3.27. The van der Waals surface area contributed by atoms with Crippen molar-refractivity contribution in [3.63, 3.8) is 0 Å². The van der Waals surface area contributed by atoms with Gasteiger partial charge in [-0.3, -0.25) is 4.79 Å². The average Bonchev–Trinajstić information content (AvgIpc) is 2.14. The molecule has 1 rings (SSSR count). The summed E-state index contributed by atoms with van der Waals surface area (Å²) in [6.07, 6.45) is 0. The third-order valence-electron chi connectivity index (χ3n) is 1.74. The van der Waals surface area contributed by atoms with Crippen molar-refractivity contribution in [3.8, 4) is 11.8 Å². The molecule has 72 valence electrons. The maximum absolute atomic E-state index is 11.0. The number of rotatable bonds is 1. The van der Waals surface area contributed by atoms with Crippen LogP contribution in [0.15, 0.2) is 18.2 Å². The Morgan fingerprint density at radius 2 is 2.29 bits per heavy atom. The highest BCUT2D eigenvalue weighted by Gasteiger charge is 2.05. The lowest BCUT2D eigenvalue weighted by Gasteiger charge is -2.00. The Morgan fingerprint density at radius 1 is 1.57 bits per heavy atom. The van der Waals surface area contributed by atoms with Crippen molar-refractivity contribution in [2.24, 2.45) is 5.73 Å². The Labute approximate surface area is 82.6 Å². The van der Waals surface area contributed by atoms with Crippen molar-refractivity contribution < 1.29 is 9.90 Å². The molecule has 0 saturated carbocycles. The van der Waals surface area contributed by atoms with E-state index in [1.807, 2.05) is 6.92 Å². The molecule has 0 radical (unpaired) electrons. The van der Waals surface area contributed by atoms with Gasteiger partial charge in [-0.1, -0.05) is 17.9 Å². The summed E-state index contributed by atoms with van der Waals surface area (Å²) in [6.45, 7) is 1.67. The number of carbonyl (C=O) groups excluding carboxylic acids is 1. The third-order valence-corrected chi connectivity index (χ3v) is 1.74. The van der Waals surface area contributed by atoms with Crippen molar-refractivity contribution in [2.45, 2.75) is 6.92 Å². The summed E-state index contributed by atoms with van der Waals surface area (Å²) in [5.74, 6) is 4.66. The average molecular weight is 189 g/mol. The predicted molar refractivity (Wildman–Crippen MR) is 53.7 cm³/mol. The van der Waals surface area contributed by atoms with E-state index in [2.05, 4.69) is 11.8 Å². The van der Waals surface area contributed by atoms with Gasteiger partial charge in [-0.05, 0) is 24.6 Å². The van der Waals surface area contributed by atoms with E-state index in [1.54, 1.807) is 18.2 Å². The van der Waals surface area contributed by atoms with E-state index >= 15 is 0 Å². The molecule has 0 atom stereocenters. The molecule has 1 amide bonds. The second-order valence-corrected chi connectivity index (χ2v) is 2.87. The zero-order valence-electron chi connectivity index (χ0n) is 7.87. The number of hydrogen-bond acceptors (Lipinski definition) is 2. The van der Waals surface area contributed by atoms with Crippen molar-refractivity contribution >= 4 is 5.91 Å². The summed E-state index contributed by atoms with van der Waals surface area (Å²) >= 11 is 0. The molecule has 3 nitrogen and oxygen atoms in total. The molecular formula is C11H11NO2. The highest BCUT2D eigenvalue weighted by Crippen LogP contribution is 2.09. The van der Waals surface area contributed by atoms with E-state index in [0.717, 1.165) is 5.56 Å². The van der Waals surface area contributed by atoms with Crippen LogP contribution in [0.1, 0.15) is 21.5 Å². The Balaban J connectivity index is 3.22.